The lowest BCUT2D eigenvalue weighted by atomic mass is 10.0. The maximum absolute atomic E-state index is 12.6. The van der Waals surface area contributed by atoms with Crippen molar-refractivity contribution in [2.75, 3.05) is 19.7 Å². The van der Waals surface area contributed by atoms with E-state index in [2.05, 4.69) is 10.6 Å². The van der Waals surface area contributed by atoms with Crippen LogP contribution in [0.3, 0.4) is 0 Å². The van der Waals surface area contributed by atoms with Gasteiger partial charge in [0.1, 0.15) is 18.5 Å². The predicted octanol–water partition coefficient (Wildman–Crippen LogP) is 1.70. The third kappa shape index (κ3) is 5.68. The van der Waals surface area contributed by atoms with E-state index >= 15 is 0 Å². The van der Waals surface area contributed by atoms with Crippen molar-refractivity contribution >= 4 is 5.91 Å². The van der Waals surface area contributed by atoms with E-state index in [1.807, 2.05) is 0 Å². The summed E-state index contributed by atoms with van der Waals surface area (Å²) in [6.07, 6.45) is -2.68. The van der Waals surface area contributed by atoms with Crippen LogP contribution in [0.4, 0.5) is 13.2 Å². The zero-order valence-electron chi connectivity index (χ0n) is 13.1. The van der Waals surface area contributed by atoms with Gasteiger partial charge in [-0.3, -0.25) is 4.79 Å². The number of nitrogens with one attached hydrogen (secondary N) is 2. The lowest BCUT2D eigenvalue weighted by Gasteiger charge is -2.23. The Morgan fingerprint density at radius 2 is 2.21 bits per heavy atom. The molecule has 1 amide bonds. The van der Waals surface area contributed by atoms with E-state index in [4.69, 9.17) is 4.74 Å². The highest BCUT2D eigenvalue weighted by Crippen LogP contribution is 2.31. The first kappa shape index (κ1) is 18.5. The number of amides is 1. The Labute approximate surface area is 138 Å². The van der Waals surface area contributed by atoms with Gasteiger partial charge in [0.05, 0.1) is 11.6 Å². The van der Waals surface area contributed by atoms with Gasteiger partial charge in [-0.2, -0.15) is 13.2 Å². The minimum absolute atomic E-state index is 0.0177. The summed E-state index contributed by atoms with van der Waals surface area (Å²) in [7, 11) is 0. The topological polar surface area (TPSA) is 70.6 Å². The molecule has 1 aliphatic rings. The van der Waals surface area contributed by atoms with Crippen LogP contribution < -0.4 is 15.4 Å². The Bertz CT molecular complexity index is 546. The highest BCUT2D eigenvalue weighted by Gasteiger charge is 2.30. The molecule has 24 heavy (non-hydrogen) atoms. The van der Waals surface area contributed by atoms with Crippen molar-refractivity contribution in [3.63, 3.8) is 0 Å². The van der Waals surface area contributed by atoms with Crippen LogP contribution in [-0.2, 0) is 11.0 Å². The first-order valence-electron chi connectivity index (χ1n) is 7.85. The summed E-state index contributed by atoms with van der Waals surface area (Å²) < 4.78 is 42.9. The molecule has 0 aromatic heterocycles. The molecule has 0 bridgehead atoms. The van der Waals surface area contributed by atoms with Crippen LogP contribution in [0.1, 0.15) is 24.8 Å². The Morgan fingerprint density at radius 1 is 1.42 bits per heavy atom. The van der Waals surface area contributed by atoms with Crippen LogP contribution in [0.2, 0.25) is 0 Å². The number of hydrogen-bond acceptors (Lipinski definition) is 4. The van der Waals surface area contributed by atoms with Crippen molar-refractivity contribution in [1.29, 1.82) is 0 Å². The molecule has 2 unspecified atom stereocenters. The quantitative estimate of drug-likeness (QED) is 0.733. The fraction of sp³-hybridized carbons (Fsp3) is 0.562. The summed E-state index contributed by atoms with van der Waals surface area (Å²) in [6, 6.07) is 4.18. The van der Waals surface area contributed by atoms with E-state index in [-0.39, 0.29) is 30.9 Å². The molecular weight excluding hydrogens is 325 g/mol. The number of aliphatic hydroxyl groups is 1. The Morgan fingerprint density at radius 3 is 2.88 bits per heavy atom. The number of alkyl halides is 3. The van der Waals surface area contributed by atoms with E-state index in [1.54, 1.807) is 0 Å². The summed E-state index contributed by atoms with van der Waals surface area (Å²) in [5, 5.41) is 15.5. The lowest BCUT2D eigenvalue weighted by Crippen LogP contribution is -2.48. The smallest absolute Gasteiger partial charge is 0.416 e. The number of halogens is 3. The number of benzene rings is 1. The van der Waals surface area contributed by atoms with Crippen molar-refractivity contribution in [1.82, 2.24) is 10.6 Å². The SMILES string of the molecule is O=C(NCC(O)COc1cccc(C(F)(F)F)c1)C1CCCCN1. The van der Waals surface area contributed by atoms with Gasteiger partial charge in [0.15, 0.2) is 0 Å². The number of aliphatic hydroxyl groups excluding tert-OH is 1. The number of rotatable bonds is 6. The van der Waals surface area contributed by atoms with Crippen LogP contribution in [-0.4, -0.2) is 42.9 Å². The summed E-state index contributed by atoms with van der Waals surface area (Å²) in [5.41, 5.74) is -0.814. The lowest BCUT2D eigenvalue weighted by molar-refractivity contribution is -0.137. The molecule has 0 aliphatic carbocycles. The highest BCUT2D eigenvalue weighted by molar-refractivity contribution is 5.81. The molecule has 0 saturated carbocycles. The third-order valence-electron chi connectivity index (χ3n) is 3.74. The highest BCUT2D eigenvalue weighted by atomic mass is 19.4. The third-order valence-corrected chi connectivity index (χ3v) is 3.74. The van der Waals surface area contributed by atoms with E-state index in [1.165, 1.54) is 12.1 Å². The molecule has 0 spiro atoms. The fourth-order valence-corrected chi connectivity index (χ4v) is 2.43. The van der Waals surface area contributed by atoms with Gasteiger partial charge in [-0.1, -0.05) is 12.5 Å². The molecule has 8 heteroatoms. The average Bonchev–Trinajstić information content (AvgIpc) is 2.58. The second kappa shape index (κ2) is 8.34. The Balaban J connectivity index is 1.75. The van der Waals surface area contributed by atoms with Gasteiger partial charge in [0.25, 0.3) is 0 Å². The molecule has 1 aromatic carbocycles. The second-order valence-corrected chi connectivity index (χ2v) is 5.74. The van der Waals surface area contributed by atoms with Crippen molar-refractivity contribution in [3.05, 3.63) is 29.8 Å². The van der Waals surface area contributed by atoms with Gasteiger partial charge in [-0.15, -0.1) is 0 Å². The van der Waals surface area contributed by atoms with Crippen LogP contribution >= 0.6 is 0 Å². The zero-order valence-corrected chi connectivity index (χ0v) is 13.1. The number of hydrogen-bond donors (Lipinski definition) is 3. The summed E-state index contributed by atoms with van der Waals surface area (Å²) in [4.78, 5) is 11.9. The molecule has 2 atom stereocenters. The van der Waals surface area contributed by atoms with Gasteiger partial charge in [0.2, 0.25) is 5.91 Å². The molecule has 0 radical (unpaired) electrons. The normalized spacial score (nSPS) is 19.6. The molecule has 3 N–H and O–H groups in total. The van der Waals surface area contributed by atoms with Gasteiger partial charge in [-0.05, 0) is 37.6 Å². The van der Waals surface area contributed by atoms with Gasteiger partial charge in [-0.25, -0.2) is 0 Å². The number of ether oxygens (including phenoxy) is 1. The zero-order chi connectivity index (χ0) is 17.6. The monoisotopic (exact) mass is 346 g/mol. The molecule has 1 heterocycles. The van der Waals surface area contributed by atoms with E-state index in [0.29, 0.717) is 0 Å². The number of carbonyl (C=O) groups excluding carboxylic acids is 1. The number of piperidine rings is 1. The molecule has 1 fully saturated rings. The maximum atomic E-state index is 12.6. The Kier molecular flexibility index (Phi) is 6.44. The van der Waals surface area contributed by atoms with Crippen molar-refractivity contribution in [2.24, 2.45) is 0 Å². The molecule has 1 aromatic rings. The first-order chi connectivity index (χ1) is 11.4. The fourth-order valence-electron chi connectivity index (χ4n) is 2.43. The molecular formula is C16H21F3N2O3. The molecule has 2 rings (SSSR count). The van der Waals surface area contributed by atoms with E-state index in [0.717, 1.165) is 37.9 Å². The van der Waals surface area contributed by atoms with E-state index in [9.17, 15) is 23.1 Å². The average molecular weight is 346 g/mol. The molecule has 5 nitrogen and oxygen atoms in total. The van der Waals surface area contributed by atoms with Gasteiger partial charge < -0.3 is 20.5 Å². The number of carbonyl (C=O) groups is 1. The van der Waals surface area contributed by atoms with Crippen LogP contribution in [0.15, 0.2) is 24.3 Å². The van der Waals surface area contributed by atoms with Gasteiger partial charge >= 0.3 is 6.18 Å². The van der Waals surface area contributed by atoms with E-state index < -0.39 is 17.8 Å². The summed E-state index contributed by atoms with van der Waals surface area (Å²) in [6.45, 7) is 0.564. The molecule has 1 saturated heterocycles. The minimum atomic E-state index is -4.45. The van der Waals surface area contributed by atoms with Crippen molar-refractivity contribution in [3.8, 4) is 5.75 Å². The summed E-state index contributed by atoms with van der Waals surface area (Å²) >= 11 is 0. The first-order valence-corrected chi connectivity index (χ1v) is 7.85. The maximum Gasteiger partial charge on any atom is 0.416 e. The largest absolute Gasteiger partial charge is 0.491 e. The van der Waals surface area contributed by atoms with Gasteiger partial charge in [0, 0.05) is 6.54 Å². The Hall–Kier alpha value is -1.80. The minimum Gasteiger partial charge on any atom is -0.491 e. The predicted molar refractivity (Wildman–Crippen MR) is 81.6 cm³/mol. The van der Waals surface area contributed by atoms with Crippen LogP contribution in [0, 0.1) is 0 Å². The standard InChI is InChI=1S/C16H21F3N2O3/c17-16(18,19)11-4-3-5-13(8-11)24-10-12(22)9-21-15(23)14-6-1-2-7-20-14/h3-5,8,12,14,20,22H,1-2,6-7,9-10H2,(H,21,23). The summed E-state index contributed by atoms with van der Waals surface area (Å²) in [5.74, 6) is -0.169. The van der Waals surface area contributed by atoms with Crippen molar-refractivity contribution < 1.29 is 27.8 Å². The van der Waals surface area contributed by atoms with Crippen LogP contribution in [0.25, 0.3) is 0 Å². The molecule has 134 valence electrons. The molecule has 1 aliphatic heterocycles. The van der Waals surface area contributed by atoms with Crippen LogP contribution in [0.5, 0.6) is 5.75 Å². The van der Waals surface area contributed by atoms with Crippen molar-refractivity contribution in [2.45, 2.75) is 37.6 Å². The second-order valence-electron chi connectivity index (χ2n) is 5.74.